The zero-order chi connectivity index (χ0) is 14.4. The summed E-state index contributed by atoms with van der Waals surface area (Å²) < 4.78 is 10.7. The van der Waals surface area contributed by atoms with E-state index in [-0.39, 0.29) is 24.6 Å². The van der Waals surface area contributed by atoms with Gasteiger partial charge in [0.1, 0.15) is 0 Å². The van der Waals surface area contributed by atoms with Crippen LogP contribution in [0.15, 0.2) is 18.2 Å². The van der Waals surface area contributed by atoms with Gasteiger partial charge in [-0.25, -0.2) is 0 Å². The van der Waals surface area contributed by atoms with Crippen LogP contribution < -0.4 is 20.5 Å². The predicted octanol–water partition coefficient (Wildman–Crippen LogP) is 1.62. The lowest BCUT2D eigenvalue weighted by atomic mass is 10.1. The van der Waals surface area contributed by atoms with E-state index in [0.29, 0.717) is 11.5 Å². The molecule has 1 atom stereocenters. The number of benzene rings is 1. The van der Waals surface area contributed by atoms with Gasteiger partial charge in [0.05, 0.1) is 7.11 Å². The standard InChI is InChI=1S/C14H22N2O3/c1-9(2)16-14(17)8-19-12-6-5-11(10(3)15)7-13(12)18-4/h5-7,9-10H,8,15H2,1-4H3,(H,16,17). The van der Waals surface area contributed by atoms with Crippen molar-refractivity contribution >= 4 is 5.91 Å². The molecule has 0 bridgehead atoms. The first-order valence-corrected chi connectivity index (χ1v) is 6.29. The summed E-state index contributed by atoms with van der Waals surface area (Å²) in [4.78, 5) is 11.5. The first-order chi connectivity index (χ1) is 8.93. The second-order valence-corrected chi connectivity index (χ2v) is 4.71. The topological polar surface area (TPSA) is 73.6 Å². The van der Waals surface area contributed by atoms with Gasteiger partial charge in [0.15, 0.2) is 18.1 Å². The Morgan fingerprint density at radius 1 is 1.32 bits per heavy atom. The highest BCUT2D eigenvalue weighted by Gasteiger charge is 2.10. The van der Waals surface area contributed by atoms with Crippen molar-refractivity contribution in [3.63, 3.8) is 0 Å². The highest BCUT2D eigenvalue weighted by molar-refractivity contribution is 5.77. The number of carbonyl (C=O) groups excluding carboxylic acids is 1. The number of rotatable bonds is 6. The minimum Gasteiger partial charge on any atom is -0.493 e. The summed E-state index contributed by atoms with van der Waals surface area (Å²) in [7, 11) is 1.56. The summed E-state index contributed by atoms with van der Waals surface area (Å²) >= 11 is 0. The van der Waals surface area contributed by atoms with Crippen LogP contribution in [0.25, 0.3) is 0 Å². The van der Waals surface area contributed by atoms with Crippen LogP contribution >= 0.6 is 0 Å². The Hall–Kier alpha value is -1.75. The zero-order valence-corrected chi connectivity index (χ0v) is 11.9. The van der Waals surface area contributed by atoms with Crippen molar-refractivity contribution in [2.45, 2.75) is 32.9 Å². The number of hydrogen-bond donors (Lipinski definition) is 2. The Morgan fingerprint density at radius 3 is 2.53 bits per heavy atom. The third-order valence-electron chi connectivity index (χ3n) is 2.52. The molecule has 0 saturated heterocycles. The van der Waals surface area contributed by atoms with Crippen molar-refractivity contribution in [1.29, 1.82) is 0 Å². The molecule has 0 spiro atoms. The van der Waals surface area contributed by atoms with E-state index in [1.54, 1.807) is 13.2 Å². The molecule has 1 rings (SSSR count). The molecule has 0 aliphatic rings. The number of carbonyl (C=O) groups is 1. The van der Waals surface area contributed by atoms with Crippen molar-refractivity contribution in [3.8, 4) is 11.5 Å². The highest BCUT2D eigenvalue weighted by Crippen LogP contribution is 2.29. The van der Waals surface area contributed by atoms with Gasteiger partial charge < -0.3 is 20.5 Å². The van der Waals surface area contributed by atoms with Crippen LogP contribution in [0.3, 0.4) is 0 Å². The second kappa shape index (κ2) is 6.99. The Morgan fingerprint density at radius 2 is 2.00 bits per heavy atom. The van der Waals surface area contributed by atoms with Gasteiger partial charge in [-0.2, -0.15) is 0 Å². The minimum atomic E-state index is -0.159. The summed E-state index contributed by atoms with van der Waals surface area (Å²) in [6.07, 6.45) is 0. The number of methoxy groups -OCH3 is 1. The molecule has 1 unspecified atom stereocenters. The van der Waals surface area contributed by atoms with Gasteiger partial charge in [0.2, 0.25) is 0 Å². The molecule has 0 aliphatic carbocycles. The predicted molar refractivity (Wildman–Crippen MR) is 74.4 cm³/mol. The molecule has 5 heteroatoms. The molecule has 0 aliphatic heterocycles. The van der Waals surface area contributed by atoms with Crippen molar-refractivity contribution in [2.24, 2.45) is 5.73 Å². The molecule has 5 nitrogen and oxygen atoms in total. The Kier molecular flexibility index (Phi) is 5.63. The van der Waals surface area contributed by atoms with Gasteiger partial charge >= 0.3 is 0 Å². The third-order valence-corrected chi connectivity index (χ3v) is 2.52. The summed E-state index contributed by atoms with van der Waals surface area (Å²) in [5.41, 5.74) is 6.76. The van der Waals surface area contributed by atoms with Gasteiger partial charge in [-0.15, -0.1) is 0 Å². The third kappa shape index (κ3) is 4.79. The van der Waals surface area contributed by atoms with Crippen molar-refractivity contribution in [3.05, 3.63) is 23.8 Å². The van der Waals surface area contributed by atoms with E-state index in [1.165, 1.54) is 0 Å². The summed E-state index contributed by atoms with van der Waals surface area (Å²) in [5.74, 6) is 0.950. The van der Waals surface area contributed by atoms with E-state index in [9.17, 15) is 4.79 Å². The highest BCUT2D eigenvalue weighted by atomic mass is 16.5. The Labute approximate surface area is 114 Å². The van der Waals surface area contributed by atoms with Crippen LogP contribution in [-0.2, 0) is 4.79 Å². The molecular formula is C14H22N2O3. The molecule has 0 radical (unpaired) electrons. The average Bonchev–Trinajstić information content (AvgIpc) is 2.35. The van der Waals surface area contributed by atoms with Gasteiger partial charge in [-0.3, -0.25) is 4.79 Å². The molecule has 1 aromatic carbocycles. The molecule has 1 amide bonds. The fourth-order valence-corrected chi connectivity index (χ4v) is 1.59. The largest absolute Gasteiger partial charge is 0.493 e. The lowest BCUT2D eigenvalue weighted by Crippen LogP contribution is -2.34. The maximum Gasteiger partial charge on any atom is 0.258 e. The zero-order valence-electron chi connectivity index (χ0n) is 11.9. The minimum absolute atomic E-state index is 0.0356. The normalized spacial score (nSPS) is 12.1. The number of nitrogens with one attached hydrogen (secondary N) is 1. The first kappa shape index (κ1) is 15.3. The Balaban J connectivity index is 2.70. The molecule has 0 saturated carbocycles. The summed E-state index contributed by atoms with van der Waals surface area (Å²) in [6.45, 7) is 5.66. The average molecular weight is 266 g/mol. The molecule has 0 fully saturated rings. The first-order valence-electron chi connectivity index (χ1n) is 6.29. The van der Waals surface area contributed by atoms with Gasteiger partial charge in [-0.1, -0.05) is 6.07 Å². The molecule has 106 valence electrons. The molecular weight excluding hydrogens is 244 g/mol. The maximum absolute atomic E-state index is 11.5. The van der Waals surface area contributed by atoms with Crippen molar-refractivity contribution in [1.82, 2.24) is 5.32 Å². The van der Waals surface area contributed by atoms with Gasteiger partial charge in [0, 0.05) is 12.1 Å². The van der Waals surface area contributed by atoms with Gasteiger partial charge in [0.25, 0.3) is 5.91 Å². The number of hydrogen-bond acceptors (Lipinski definition) is 4. The van der Waals surface area contributed by atoms with Crippen molar-refractivity contribution in [2.75, 3.05) is 13.7 Å². The smallest absolute Gasteiger partial charge is 0.258 e. The summed E-state index contributed by atoms with van der Waals surface area (Å²) in [5, 5.41) is 2.76. The maximum atomic E-state index is 11.5. The van der Waals surface area contributed by atoms with Crippen LogP contribution in [-0.4, -0.2) is 25.7 Å². The summed E-state index contributed by atoms with van der Waals surface area (Å²) in [6, 6.07) is 5.47. The van der Waals surface area contributed by atoms with E-state index in [1.807, 2.05) is 32.9 Å². The van der Waals surface area contributed by atoms with Crippen LogP contribution in [0.1, 0.15) is 32.4 Å². The van der Waals surface area contributed by atoms with Crippen molar-refractivity contribution < 1.29 is 14.3 Å². The number of amides is 1. The fraction of sp³-hybridized carbons (Fsp3) is 0.500. The quantitative estimate of drug-likeness (QED) is 0.820. The monoisotopic (exact) mass is 266 g/mol. The van der Waals surface area contributed by atoms with Crippen LogP contribution in [0.4, 0.5) is 0 Å². The molecule has 19 heavy (non-hydrogen) atoms. The van der Waals surface area contributed by atoms with E-state index in [0.717, 1.165) is 5.56 Å². The van der Waals surface area contributed by atoms with E-state index < -0.39 is 0 Å². The van der Waals surface area contributed by atoms with Crippen LogP contribution in [0, 0.1) is 0 Å². The second-order valence-electron chi connectivity index (χ2n) is 4.71. The lowest BCUT2D eigenvalue weighted by molar-refractivity contribution is -0.123. The molecule has 1 aromatic rings. The molecule has 0 heterocycles. The SMILES string of the molecule is COc1cc(C(C)N)ccc1OCC(=O)NC(C)C. The van der Waals surface area contributed by atoms with E-state index in [2.05, 4.69) is 5.32 Å². The molecule has 0 aromatic heterocycles. The van der Waals surface area contributed by atoms with Gasteiger partial charge in [-0.05, 0) is 38.5 Å². The van der Waals surface area contributed by atoms with E-state index >= 15 is 0 Å². The van der Waals surface area contributed by atoms with E-state index in [4.69, 9.17) is 15.2 Å². The number of nitrogens with two attached hydrogens (primary N) is 1. The van der Waals surface area contributed by atoms with Crippen LogP contribution in [0.5, 0.6) is 11.5 Å². The fourth-order valence-electron chi connectivity index (χ4n) is 1.59. The Bertz CT molecular complexity index is 431. The van der Waals surface area contributed by atoms with Crippen LogP contribution in [0.2, 0.25) is 0 Å². The molecule has 3 N–H and O–H groups in total. The number of ether oxygens (including phenoxy) is 2. The lowest BCUT2D eigenvalue weighted by Gasteiger charge is -2.14.